The predicted octanol–water partition coefficient (Wildman–Crippen LogP) is 4.04. The van der Waals surface area contributed by atoms with Crippen LogP contribution < -0.4 is 10.0 Å². The fourth-order valence-electron chi connectivity index (χ4n) is 3.72. The minimum absolute atomic E-state index is 0.0247. The average molecular weight is 517 g/mol. The summed E-state index contributed by atoms with van der Waals surface area (Å²) in [5.74, 6) is -0.517. The van der Waals surface area contributed by atoms with Gasteiger partial charge in [-0.25, -0.2) is 18.4 Å². The summed E-state index contributed by atoms with van der Waals surface area (Å²) >= 11 is 0. The third-order valence-electron chi connectivity index (χ3n) is 5.84. The molecule has 12 heteroatoms. The van der Waals surface area contributed by atoms with Crippen molar-refractivity contribution in [2.75, 3.05) is 0 Å². The Hall–Kier alpha value is -3.77. The zero-order valence-electron chi connectivity index (χ0n) is 18.5. The lowest BCUT2D eigenvalue weighted by Crippen LogP contribution is -2.48. The van der Waals surface area contributed by atoms with Gasteiger partial charge in [-0.3, -0.25) is 4.79 Å². The van der Waals surface area contributed by atoms with Crippen LogP contribution in [0.3, 0.4) is 0 Å². The number of aromatic nitrogens is 2. The van der Waals surface area contributed by atoms with Gasteiger partial charge in [0.25, 0.3) is 10.0 Å². The van der Waals surface area contributed by atoms with E-state index in [0.29, 0.717) is 40.8 Å². The van der Waals surface area contributed by atoms with E-state index in [1.54, 1.807) is 30.3 Å². The Morgan fingerprint density at radius 2 is 1.75 bits per heavy atom. The van der Waals surface area contributed by atoms with E-state index in [2.05, 4.69) is 20.0 Å². The van der Waals surface area contributed by atoms with Gasteiger partial charge in [-0.05, 0) is 37.1 Å². The number of carbonyl (C=O) groups is 1. The number of fused-ring (bicyclic) bond motifs is 1. The number of rotatable bonds is 7. The Balaban J connectivity index is 1.26. The standard InChI is InChI=1S/C24H19F3N4O4S/c25-24(26,27)17-7-5-15(6-8-17)19-12-18(29-14-30-19)13-28-22(32)23(9-10-23)31-36(33,34)21-11-16-3-1-2-4-20(16)35-21/h1-8,11-12,14,31H,9-10,13H2,(H,28,32). The molecule has 2 N–H and O–H groups in total. The third-order valence-corrected chi connectivity index (χ3v) is 7.23. The van der Waals surface area contributed by atoms with Gasteiger partial charge in [0.15, 0.2) is 0 Å². The van der Waals surface area contributed by atoms with E-state index in [0.717, 1.165) is 12.1 Å². The highest BCUT2D eigenvalue weighted by molar-refractivity contribution is 7.89. The van der Waals surface area contributed by atoms with Gasteiger partial charge in [-0.2, -0.15) is 17.9 Å². The Morgan fingerprint density at radius 1 is 1.03 bits per heavy atom. The average Bonchev–Trinajstić information content (AvgIpc) is 3.48. The van der Waals surface area contributed by atoms with Crippen LogP contribution in [-0.2, 0) is 27.5 Å². The van der Waals surface area contributed by atoms with E-state index in [1.165, 1.54) is 24.5 Å². The summed E-state index contributed by atoms with van der Waals surface area (Å²) in [5, 5.41) is 3.02. The van der Waals surface area contributed by atoms with Crippen LogP contribution in [0.2, 0.25) is 0 Å². The number of nitrogens with zero attached hydrogens (tertiary/aromatic N) is 2. The summed E-state index contributed by atoms with van der Waals surface area (Å²) in [6, 6.07) is 14.3. The van der Waals surface area contributed by atoms with Gasteiger partial charge in [0.05, 0.1) is 23.5 Å². The van der Waals surface area contributed by atoms with Crippen molar-refractivity contribution in [3.63, 3.8) is 0 Å². The zero-order valence-corrected chi connectivity index (χ0v) is 19.4. The summed E-state index contributed by atoms with van der Waals surface area (Å²) in [5.41, 5.74) is -0.400. The van der Waals surface area contributed by atoms with Crippen LogP contribution in [0, 0.1) is 0 Å². The number of hydrogen-bond acceptors (Lipinski definition) is 6. The molecule has 1 saturated carbocycles. The largest absolute Gasteiger partial charge is 0.443 e. The van der Waals surface area contributed by atoms with E-state index >= 15 is 0 Å². The summed E-state index contributed by atoms with van der Waals surface area (Å²) in [6.45, 7) is -0.0247. The van der Waals surface area contributed by atoms with Gasteiger partial charge in [-0.15, -0.1) is 0 Å². The van der Waals surface area contributed by atoms with Gasteiger partial charge in [0.2, 0.25) is 11.0 Å². The number of sulfonamides is 1. The number of para-hydroxylation sites is 1. The van der Waals surface area contributed by atoms with Crippen molar-refractivity contribution in [2.45, 2.75) is 36.2 Å². The first-order valence-electron chi connectivity index (χ1n) is 10.9. The molecular formula is C24H19F3N4O4S. The minimum Gasteiger partial charge on any atom is -0.443 e. The van der Waals surface area contributed by atoms with Crippen molar-refractivity contribution in [1.29, 1.82) is 0 Å². The molecule has 5 rings (SSSR count). The molecule has 1 amide bonds. The third kappa shape index (κ3) is 4.82. The van der Waals surface area contributed by atoms with Crippen molar-refractivity contribution in [3.8, 4) is 11.3 Å². The number of furan rings is 1. The van der Waals surface area contributed by atoms with Crippen LogP contribution in [0.15, 0.2) is 76.5 Å². The molecule has 0 radical (unpaired) electrons. The van der Waals surface area contributed by atoms with Gasteiger partial charge in [0, 0.05) is 17.0 Å². The Kier molecular flexibility index (Phi) is 5.80. The quantitative estimate of drug-likeness (QED) is 0.383. The summed E-state index contributed by atoms with van der Waals surface area (Å²) in [4.78, 5) is 21.0. The lowest BCUT2D eigenvalue weighted by atomic mass is 10.1. The predicted molar refractivity (Wildman–Crippen MR) is 123 cm³/mol. The smallest absolute Gasteiger partial charge is 0.416 e. The maximum Gasteiger partial charge on any atom is 0.416 e. The van der Waals surface area contributed by atoms with Crippen molar-refractivity contribution >= 4 is 26.9 Å². The molecule has 2 heterocycles. The van der Waals surface area contributed by atoms with E-state index in [-0.39, 0.29) is 11.6 Å². The van der Waals surface area contributed by atoms with Crippen LogP contribution in [-0.4, -0.2) is 29.8 Å². The molecule has 0 atom stereocenters. The second-order valence-corrected chi connectivity index (χ2v) is 10.1. The van der Waals surface area contributed by atoms with Gasteiger partial charge < -0.3 is 9.73 Å². The second kappa shape index (κ2) is 8.71. The van der Waals surface area contributed by atoms with Gasteiger partial charge >= 0.3 is 6.18 Å². The zero-order chi connectivity index (χ0) is 25.6. The molecule has 1 fully saturated rings. The van der Waals surface area contributed by atoms with Gasteiger partial charge in [-0.1, -0.05) is 30.3 Å². The topological polar surface area (TPSA) is 114 Å². The number of hydrogen-bond donors (Lipinski definition) is 2. The van der Waals surface area contributed by atoms with Crippen molar-refractivity contribution < 1.29 is 30.8 Å². The fourth-order valence-corrected chi connectivity index (χ4v) is 5.11. The lowest BCUT2D eigenvalue weighted by molar-refractivity contribution is -0.137. The molecule has 0 bridgehead atoms. The molecule has 4 aromatic rings. The minimum atomic E-state index is -4.44. The maximum absolute atomic E-state index is 12.8. The molecule has 186 valence electrons. The molecule has 0 aliphatic heterocycles. The van der Waals surface area contributed by atoms with Crippen LogP contribution in [0.4, 0.5) is 13.2 Å². The number of halogens is 3. The van der Waals surface area contributed by atoms with E-state index < -0.39 is 33.2 Å². The summed E-state index contributed by atoms with van der Waals surface area (Å²) in [7, 11) is -4.09. The first-order chi connectivity index (χ1) is 17.1. The Morgan fingerprint density at radius 3 is 2.42 bits per heavy atom. The van der Waals surface area contributed by atoms with Crippen LogP contribution in [0.5, 0.6) is 0 Å². The Labute approximate surface area is 203 Å². The molecule has 2 aromatic carbocycles. The Bertz CT molecular complexity index is 1510. The monoisotopic (exact) mass is 516 g/mol. The van der Waals surface area contributed by atoms with E-state index in [9.17, 15) is 26.4 Å². The molecule has 0 saturated heterocycles. The molecule has 0 unspecified atom stereocenters. The van der Waals surface area contributed by atoms with Crippen molar-refractivity contribution in [2.24, 2.45) is 0 Å². The number of benzene rings is 2. The summed E-state index contributed by atoms with van der Waals surface area (Å²) < 4.78 is 72.0. The molecule has 1 aliphatic carbocycles. The van der Waals surface area contributed by atoms with Crippen LogP contribution >= 0.6 is 0 Å². The molecular weight excluding hydrogens is 497 g/mol. The van der Waals surface area contributed by atoms with E-state index in [1.807, 2.05) is 0 Å². The maximum atomic E-state index is 12.8. The highest BCUT2D eigenvalue weighted by Crippen LogP contribution is 2.38. The molecule has 36 heavy (non-hydrogen) atoms. The van der Waals surface area contributed by atoms with Crippen molar-refractivity contribution in [1.82, 2.24) is 20.0 Å². The molecule has 0 spiro atoms. The lowest BCUT2D eigenvalue weighted by Gasteiger charge is -2.16. The number of carbonyl (C=O) groups excluding carboxylic acids is 1. The fraction of sp³-hybridized carbons (Fsp3) is 0.208. The number of alkyl halides is 3. The highest BCUT2D eigenvalue weighted by atomic mass is 32.2. The normalized spacial score (nSPS) is 15.1. The molecule has 1 aliphatic rings. The van der Waals surface area contributed by atoms with Gasteiger partial charge in [0.1, 0.15) is 17.4 Å². The SMILES string of the molecule is O=C(NCc1cc(-c2ccc(C(F)(F)F)cc2)ncn1)C1(NS(=O)(=O)c2cc3ccccc3o2)CC1. The first kappa shape index (κ1) is 23.9. The second-order valence-electron chi connectivity index (χ2n) is 8.44. The van der Waals surface area contributed by atoms with Crippen LogP contribution in [0.1, 0.15) is 24.1 Å². The van der Waals surface area contributed by atoms with Crippen molar-refractivity contribution in [3.05, 3.63) is 78.2 Å². The first-order valence-corrected chi connectivity index (χ1v) is 12.3. The highest BCUT2D eigenvalue weighted by Gasteiger charge is 2.53. The molecule has 8 nitrogen and oxygen atoms in total. The van der Waals surface area contributed by atoms with Crippen LogP contribution in [0.25, 0.3) is 22.2 Å². The molecule has 2 aromatic heterocycles. The summed E-state index contributed by atoms with van der Waals surface area (Å²) in [6.07, 6.45) is -2.56. The van der Waals surface area contributed by atoms with E-state index in [4.69, 9.17) is 4.42 Å². The number of amides is 1. The number of nitrogens with one attached hydrogen (secondary N) is 2.